The Labute approximate surface area is 245 Å². The van der Waals surface area contributed by atoms with E-state index in [1.807, 2.05) is 42.5 Å². The van der Waals surface area contributed by atoms with E-state index in [1.54, 1.807) is 19.9 Å². The SMILES string of the molecule is CC(CO)NC(=O)CC1CC=CCCC(NC(=O)OCC2c3ccccc3-c3ccccc32)C(=O)OCC(C)NC1=O. The molecule has 1 heterocycles. The topological polar surface area (TPSA) is 143 Å². The van der Waals surface area contributed by atoms with E-state index in [9.17, 15) is 24.3 Å². The molecule has 0 fully saturated rings. The average molecular weight is 578 g/mol. The first-order chi connectivity index (χ1) is 20.3. The van der Waals surface area contributed by atoms with Crippen LogP contribution < -0.4 is 16.0 Å². The van der Waals surface area contributed by atoms with Crippen LogP contribution in [-0.2, 0) is 23.9 Å². The molecule has 0 bridgehead atoms. The fraction of sp³-hybridized carbons (Fsp3) is 0.438. The third-order valence-corrected chi connectivity index (χ3v) is 7.48. The van der Waals surface area contributed by atoms with Gasteiger partial charge in [-0.15, -0.1) is 0 Å². The fourth-order valence-electron chi connectivity index (χ4n) is 5.27. The molecule has 4 N–H and O–H groups in total. The van der Waals surface area contributed by atoms with Crippen LogP contribution in [0.4, 0.5) is 4.79 Å². The number of esters is 1. The molecule has 1 aliphatic heterocycles. The lowest BCUT2D eigenvalue weighted by atomic mass is 9.98. The number of ether oxygens (including phenoxy) is 2. The molecule has 224 valence electrons. The summed E-state index contributed by atoms with van der Waals surface area (Å²) in [5, 5.41) is 17.3. The van der Waals surface area contributed by atoms with E-state index in [-0.39, 0.29) is 50.4 Å². The minimum Gasteiger partial charge on any atom is -0.462 e. The summed E-state index contributed by atoms with van der Waals surface area (Å²) < 4.78 is 11.0. The molecule has 3 amide bonds. The largest absolute Gasteiger partial charge is 0.462 e. The quantitative estimate of drug-likeness (QED) is 0.292. The zero-order valence-corrected chi connectivity index (χ0v) is 24.0. The van der Waals surface area contributed by atoms with Crippen molar-refractivity contribution in [3.8, 4) is 11.1 Å². The van der Waals surface area contributed by atoms with Gasteiger partial charge in [0, 0.05) is 18.4 Å². The predicted octanol–water partition coefficient (Wildman–Crippen LogP) is 3.19. The van der Waals surface area contributed by atoms with Gasteiger partial charge in [0.05, 0.1) is 18.6 Å². The van der Waals surface area contributed by atoms with Crippen molar-refractivity contribution in [2.75, 3.05) is 19.8 Å². The molecule has 4 unspecified atom stereocenters. The molecule has 2 aromatic rings. The van der Waals surface area contributed by atoms with E-state index in [2.05, 4.69) is 28.1 Å². The Bertz CT molecular complexity index is 1270. The summed E-state index contributed by atoms with van der Waals surface area (Å²) in [5.74, 6) is -2.01. The van der Waals surface area contributed by atoms with E-state index in [1.165, 1.54) is 0 Å². The molecule has 42 heavy (non-hydrogen) atoms. The first-order valence-corrected chi connectivity index (χ1v) is 14.4. The smallest absolute Gasteiger partial charge is 0.407 e. The van der Waals surface area contributed by atoms with Crippen molar-refractivity contribution in [2.24, 2.45) is 5.92 Å². The summed E-state index contributed by atoms with van der Waals surface area (Å²) in [5.41, 5.74) is 4.42. The molecule has 1 aliphatic carbocycles. The van der Waals surface area contributed by atoms with Crippen molar-refractivity contribution >= 4 is 23.9 Å². The highest BCUT2D eigenvalue weighted by molar-refractivity contribution is 5.86. The van der Waals surface area contributed by atoms with E-state index in [4.69, 9.17) is 9.47 Å². The maximum atomic E-state index is 12.9. The number of carbonyl (C=O) groups is 4. The number of fused-ring (bicyclic) bond motifs is 3. The highest BCUT2D eigenvalue weighted by Crippen LogP contribution is 2.44. The minimum atomic E-state index is -0.935. The molecule has 0 saturated heterocycles. The van der Waals surface area contributed by atoms with Crippen molar-refractivity contribution in [3.05, 3.63) is 71.8 Å². The van der Waals surface area contributed by atoms with Crippen LogP contribution >= 0.6 is 0 Å². The van der Waals surface area contributed by atoms with Gasteiger partial charge in [-0.05, 0) is 55.4 Å². The van der Waals surface area contributed by atoms with Crippen LogP contribution in [0.25, 0.3) is 11.1 Å². The van der Waals surface area contributed by atoms with Crippen molar-refractivity contribution in [2.45, 2.75) is 63.6 Å². The van der Waals surface area contributed by atoms with Gasteiger partial charge in [0.15, 0.2) is 0 Å². The van der Waals surface area contributed by atoms with Crippen LogP contribution in [0, 0.1) is 5.92 Å². The Balaban J connectivity index is 1.36. The van der Waals surface area contributed by atoms with Gasteiger partial charge in [0.25, 0.3) is 0 Å². The molecule has 10 heteroatoms. The number of benzene rings is 2. The van der Waals surface area contributed by atoms with Gasteiger partial charge in [-0.25, -0.2) is 9.59 Å². The van der Waals surface area contributed by atoms with Crippen LogP contribution in [0.1, 0.15) is 56.6 Å². The minimum absolute atomic E-state index is 0.0427. The average Bonchev–Trinajstić information content (AvgIpc) is 3.30. The first kappa shape index (κ1) is 30.8. The molecule has 2 aliphatic rings. The van der Waals surface area contributed by atoms with Crippen molar-refractivity contribution in [3.63, 3.8) is 0 Å². The number of aliphatic hydroxyl groups excluding tert-OH is 1. The highest BCUT2D eigenvalue weighted by atomic mass is 16.6. The zero-order chi connectivity index (χ0) is 30.1. The van der Waals surface area contributed by atoms with Gasteiger partial charge < -0.3 is 30.5 Å². The van der Waals surface area contributed by atoms with Gasteiger partial charge in [-0.3, -0.25) is 9.59 Å². The third kappa shape index (κ3) is 7.97. The monoisotopic (exact) mass is 577 g/mol. The van der Waals surface area contributed by atoms with Gasteiger partial charge in [0.2, 0.25) is 11.8 Å². The molecule has 10 nitrogen and oxygen atoms in total. The van der Waals surface area contributed by atoms with Crippen molar-refractivity contribution in [1.82, 2.24) is 16.0 Å². The summed E-state index contributed by atoms with van der Waals surface area (Å²) in [6.45, 7) is 3.19. The van der Waals surface area contributed by atoms with Crippen LogP contribution in [0.3, 0.4) is 0 Å². The molecular weight excluding hydrogens is 538 g/mol. The van der Waals surface area contributed by atoms with E-state index in [0.29, 0.717) is 12.8 Å². The molecule has 0 spiro atoms. The number of cyclic esters (lactones) is 1. The number of nitrogens with one attached hydrogen (secondary N) is 3. The highest BCUT2D eigenvalue weighted by Gasteiger charge is 2.30. The summed E-state index contributed by atoms with van der Waals surface area (Å²) in [6, 6.07) is 14.2. The number of hydrogen-bond acceptors (Lipinski definition) is 7. The van der Waals surface area contributed by atoms with Crippen molar-refractivity contribution in [1.29, 1.82) is 0 Å². The molecule has 0 aromatic heterocycles. The Morgan fingerprint density at radius 2 is 1.74 bits per heavy atom. The summed E-state index contributed by atoms with van der Waals surface area (Å²) in [6.07, 6.45) is 3.88. The number of hydrogen-bond donors (Lipinski definition) is 4. The second-order valence-corrected chi connectivity index (χ2v) is 10.9. The third-order valence-electron chi connectivity index (χ3n) is 7.48. The molecule has 4 atom stereocenters. The Hall–Kier alpha value is -4.18. The van der Waals surface area contributed by atoms with Crippen LogP contribution in [0.5, 0.6) is 0 Å². The van der Waals surface area contributed by atoms with Crippen LogP contribution in [0.2, 0.25) is 0 Å². The summed E-state index contributed by atoms with van der Waals surface area (Å²) in [7, 11) is 0. The predicted molar refractivity (Wildman–Crippen MR) is 156 cm³/mol. The summed E-state index contributed by atoms with van der Waals surface area (Å²) >= 11 is 0. The van der Waals surface area contributed by atoms with Gasteiger partial charge in [0.1, 0.15) is 19.3 Å². The number of carbonyl (C=O) groups excluding carboxylic acids is 4. The van der Waals surface area contributed by atoms with Gasteiger partial charge in [-0.1, -0.05) is 60.7 Å². The van der Waals surface area contributed by atoms with E-state index >= 15 is 0 Å². The fourth-order valence-corrected chi connectivity index (χ4v) is 5.27. The first-order valence-electron chi connectivity index (χ1n) is 14.4. The molecule has 0 radical (unpaired) electrons. The standard InChI is InChI=1S/C32H39N3O7/c1-20(17-36)33-29(37)16-22-10-4-3-5-15-28(31(39)41-18-21(2)34-30(22)38)35-32(40)42-19-27-25-13-8-6-11-23(25)24-12-7-9-14-26(24)27/h3-4,6-9,11-14,20-22,27-28,36H,5,10,15-19H2,1-2H3,(H,33,37)(H,34,38)(H,35,40). The Morgan fingerprint density at radius 3 is 2.40 bits per heavy atom. The molecule has 0 saturated carbocycles. The van der Waals surface area contributed by atoms with E-state index < -0.39 is 36.1 Å². The van der Waals surface area contributed by atoms with Gasteiger partial charge in [-0.2, -0.15) is 0 Å². The lowest BCUT2D eigenvalue weighted by molar-refractivity contribution is -0.147. The molecule has 2 aromatic carbocycles. The normalized spacial score (nSPS) is 21.7. The maximum Gasteiger partial charge on any atom is 0.407 e. The van der Waals surface area contributed by atoms with Gasteiger partial charge >= 0.3 is 12.1 Å². The number of amides is 3. The number of allylic oxidation sites excluding steroid dienone is 2. The van der Waals surface area contributed by atoms with Crippen LogP contribution in [0.15, 0.2) is 60.7 Å². The molecular formula is C32H39N3O7. The maximum absolute atomic E-state index is 12.9. The van der Waals surface area contributed by atoms with Crippen LogP contribution in [-0.4, -0.2) is 66.9 Å². The number of alkyl carbamates (subject to hydrolysis) is 1. The summed E-state index contributed by atoms with van der Waals surface area (Å²) in [4.78, 5) is 50.9. The molecule has 4 rings (SSSR count). The zero-order valence-electron chi connectivity index (χ0n) is 24.0. The van der Waals surface area contributed by atoms with E-state index in [0.717, 1.165) is 22.3 Å². The second kappa shape index (κ2) is 14.6. The Morgan fingerprint density at radius 1 is 1.07 bits per heavy atom. The lowest BCUT2D eigenvalue weighted by Crippen LogP contribution is -2.45. The Kier molecular flexibility index (Phi) is 10.7. The number of aliphatic hydroxyl groups is 1. The van der Waals surface area contributed by atoms with Crippen molar-refractivity contribution < 1.29 is 33.8 Å². The second-order valence-electron chi connectivity index (χ2n) is 10.9. The lowest BCUT2D eigenvalue weighted by Gasteiger charge is -2.21. The number of rotatable bonds is 7.